The Kier molecular flexibility index (Phi) is 5.25. The van der Waals surface area contributed by atoms with Crippen molar-refractivity contribution >= 4 is 17.5 Å². The summed E-state index contributed by atoms with van der Waals surface area (Å²) in [6.07, 6.45) is 5.15. The van der Waals surface area contributed by atoms with Gasteiger partial charge in [0.15, 0.2) is 0 Å². The summed E-state index contributed by atoms with van der Waals surface area (Å²) in [6.45, 7) is 6.00. The second-order valence-electron chi connectivity index (χ2n) is 2.90. The number of halogens is 1. The first-order valence-corrected chi connectivity index (χ1v) is 4.52. The van der Waals surface area contributed by atoms with Crippen LogP contribution >= 0.6 is 11.6 Å². The Balaban J connectivity index is 4.73. The summed E-state index contributed by atoms with van der Waals surface area (Å²) in [5.41, 5.74) is 1.94. The first kappa shape index (κ1) is 12.1. The van der Waals surface area contributed by atoms with Crippen molar-refractivity contribution in [3.05, 3.63) is 11.3 Å². The van der Waals surface area contributed by atoms with Gasteiger partial charge < -0.3 is 4.90 Å². The molecule has 13 heavy (non-hydrogen) atoms. The second kappa shape index (κ2) is 5.66. The number of amides is 1. The molecule has 0 bridgehead atoms. The van der Waals surface area contributed by atoms with Gasteiger partial charge in [-0.25, -0.2) is 0 Å². The van der Waals surface area contributed by atoms with Gasteiger partial charge in [-0.15, -0.1) is 18.0 Å². The monoisotopic (exact) mass is 199 g/mol. The van der Waals surface area contributed by atoms with Crippen molar-refractivity contribution < 1.29 is 4.79 Å². The standard InChI is InChI=1S/C10H14ClNO/c1-5-6-12(10(13)7-11)9(4)8(2)3/h1H,6-7H2,2-4H3. The van der Waals surface area contributed by atoms with Gasteiger partial charge in [0.25, 0.3) is 0 Å². The van der Waals surface area contributed by atoms with Crippen molar-refractivity contribution in [1.29, 1.82) is 0 Å². The zero-order valence-corrected chi connectivity index (χ0v) is 8.98. The average Bonchev–Trinajstić information content (AvgIpc) is 2.11. The molecule has 3 heteroatoms. The highest BCUT2D eigenvalue weighted by molar-refractivity contribution is 6.27. The third-order valence-electron chi connectivity index (χ3n) is 1.79. The number of hydrogen-bond donors (Lipinski definition) is 0. The third-order valence-corrected chi connectivity index (χ3v) is 2.02. The molecular weight excluding hydrogens is 186 g/mol. The van der Waals surface area contributed by atoms with E-state index in [1.54, 1.807) is 0 Å². The molecule has 0 heterocycles. The van der Waals surface area contributed by atoms with Crippen LogP contribution in [0.3, 0.4) is 0 Å². The molecule has 0 atom stereocenters. The number of nitrogens with zero attached hydrogens (tertiary/aromatic N) is 1. The summed E-state index contributed by atoms with van der Waals surface area (Å²) in [5.74, 6) is 2.24. The van der Waals surface area contributed by atoms with Crippen LogP contribution in [0.15, 0.2) is 11.3 Å². The minimum atomic E-state index is -0.154. The molecule has 0 N–H and O–H groups in total. The maximum absolute atomic E-state index is 11.3. The normalized spacial score (nSPS) is 8.85. The molecule has 0 aliphatic heterocycles. The first-order chi connectivity index (χ1) is 6.04. The van der Waals surface area contributed by atoms with Gasteiger partial charge >= 0.3 is 0 Å². The molecule has 0 rings (SSSR count). The highest BCUT2D eigenvalue weighted by Gasteiger charge is 2.13. The molecule has 0 saturated carbocycles. The molecular formula is C10H14ClNO. The van der Waals surface area contributed by atoms with Gasteiger partial charge in [-0.1, -0.05) is 11.5 Å². The van der Waals surface area contributed by atoms with Gasteiger partial charge in [-0.05, 0) is 20.8 Å². The fourth-order valence-electron chi connectivity index (χ4n) is 0.827. The summed E-state index contributed by atoms with van der Waals surface area (Å²) >= 11 is 5.45. The first-order valence-electron chi connectivity index (χ1n) is 3.98. The van der Waals surface area contributed by atoms with E-state index in [4.69, 9.17) is 18.0 Å². The topological polar surface area (TPSA) is 20.3 Å². The lowest BCUT2D eigenvalue weighted by atomic mass is 10.2. The zero-order chi connectivity index (χ0) is 10.4. The van der Waals surface area contributed by atoms with Crippen LogP contribution in [0.2, 0.25) is 0 Å². The molecule has 0 aliphatic carbocycles. The smallest absolute Gasteiger partial charge is 0.242 e. The lowest BCUT2D eigenvalue weighted by Crippen LogP contribution is -2.31. The van der Waals surface area contributed by atoms with E-state index in [1.807, 2.05) is 20.8 Å². The van der Waals surface area contributed by atoms with E-state index in [0.29, 0.717) is 0 Å². The Labute approximate surface area is 84.6 Å². The largest absolute Gasteiger partial charge is 0.304 e. The number of carbonyl (C=O) groups excluding carboxylic acids is 1. The summed E-state index contributed by atoms with van der Waals surface area (Å²) in [5, 5.41) is 0. The van der Waals surface area contributed by atoms with Crippen LogP contribution < -0.4 is 0 Å². The van der Waals surface area contributed by atoms with E-state index in [2.05, 4.69) is 5.92 Å². The van der Waals surface area contributed by atoms with Gasteiger partial charge in [0, 0.05) is 5.70 Å². The van der Waals surface area contributed by atoms with E-state index in [1.165, 1.54) is 4.90 Å². The highest BCUT2D eigenvalue weighted by atomic mass is 35.5. The SMILES string of the molecule is C#CCN(C(=O)CCl)C(C)=C(C)C. The van der Waals surface area contributed by atoms with Crippen molar-refractivity contribution in [2.24, 2.45) is 0 Å². The summed E-state index contributed by atoms with van der Waals surface area (Å²) in [4.78, 5) is 12.8. The van der Waals surface area contributed by atoms with Crippen LogP contribution in [0.4, 0.5) is 0 Å². The van der Waals surface area contributed by atoms with Gasteiger partial charge in [0.05, 0.1) is 6.54 Å². The Morgan fingerprint density at radius 2 is 2.00 bits per heavy atom. The van der Waals surface area contributed by atoms with Crippen LogP contribution in [-0.2, 0) is 4.79 Å². The maximum atomic E-state index is 11.3. The van der Waals surface area contributed by atoms with Crippen molar-refractivity contribution in [3.8, 4) is 12.3 Å². The molecule has 0 radical (unpaired) electrons. The van der Waals surface area contributed by atoms with Crippen LogP contribution in [0.1, 0.15) is 20.8 Å². The van der Waals surface area contributed by atoms with Gasteiger partial charge in [-0.3, -0.25) is 4.79 Å². The number of alkyl halides is 1. The molecule has 0 saturated heterocycles. The Hall–Kier alpha value is -0.940. The number of rotatable bonds is 3. The predicted octanol–water partition coefficient (Wildman–Crippen LogP) is 2.00. The zero-order valence-electron chi connectivity index (χ0n) is 8.22. The fourth-order valence-corrected chi connectivity index (χ4v) is 0.971. The second-order valence-corrected chi connectivity index (χ2v) is 3.17. The average molecular weight is 200 g/mol. The maximum Gasteiger partial charge on any atom is 0.242 e. The molecule has 1 amide bonds. The lowest BCUT2D eigenvalue weighted by molar-refractivity contribution is -0.126. The van der Waals surface area contributed by atoms with E-state index in [9.17, 15) is 4.79 Å². The molecule has 72 valence electrons. The van der Waals surface area contributed by atoms with E-state index < -0.39 is 0 Å². The van der Waals surface area contributed by atoms with Crippen LogP contribution in [0.25, 0.3) is 0 Å². The van der Waals surface area contributed by atoms with Crippen LogP contribution in [0.5, 0.6) is 0 Å². The summed E-state index contributed by atoms with van der Waals surface area (Å²) < 4.78 is 0. The molecule has 0 aromatic rings. The van der Waals surface area contributed by atoms with E-state index in [0.717, 1.165) is 11.3 Å². The minimum absolute atomic E-state index is 0.0354. The van der Waals surface area contributed by atoms with Crippen LogP contribution in [0, 0.1) is 12.3 Å². The van der Waals surface area contributed by atoms with E-state index in [-0.39, 0.29) is 18.3 Å². The number of terminal acetylenes is 1. The fraction of sp³-hybridized carbons (Fsp3) is 0.500. The number of allylic oxidation sites excluding steroid dienone is 2. The lowest BCUT2D eigenvalue weighted by Gasteiger charge is -2.21. The Morgan fingerprint density at radius 1 is 1.46 bits per heavy atom. The minimum Gasteiger partial charge on any atom is -0.304 e. The highest BCUT2D eigenvalue weighted by Crippen LogP contribution is 2.09. The van der Waals surface area contributed by atoms with Crippen molar-refractivity contribution in [2.75, 3.05) is 12.4 Å². The third kappa shape index (κ3) is 3.52. The Morgan fingerprint density at radius 3 is 2.31 bits per heavy atom. The molecule has 0 aromatic carbocycles. The van der Waals surface area contributed by atoms with Gasteiger partial charge in [0.2, 0.25) is 5.91 Å². The van der Waals surface area contributed by atoms with Crippen molar-refractivity contribution in [1.82, 2.24) is 4.90 Å². The molecule has 0 fully saturated rings. The van der Waals surface area contributed by atoms with Crippen LogP contribution in [-0.4, -0.2) is 23.2 Å². The summed E-state index contributed by atoms with van der Waals surface area (Å²) in [6, 6.07) is 0. The molecule has 0 aliphatic rings. The quantitative estimate of drug-likeness (QED) is 0.503. The number of carbonyl (C=O) groups is 1. The Bertz CT molecular complexity index is 259. The molecule has 0 unspecified atom stereocenters. The van der Waals surface area contributed by atoms with E-state index >= 15 is 0 Å². The molecule has 0 aromatic heterocycles. The molecule has 0 spiro atoms. The molecule has 2 nitrogen and oxygen atoms in total. The van der Waals surface area contributed by atoms with Gasteiger partial charge in [0.1, 0.15) is 5.88 Å². The number of hydrogen-bond acceptors (Lipinski definition) is 1. The van der Waals surface area contributed by atoms with Crippen molar-refractivity contribution in [3.63, 3.8) is 0 Å². The summed E-state index contributed by atoms with van der Waals surface area (Å²) in [7, 11) is 0. The van der Waals surface area contributed by atoms with Crippen molar-refractivity contribution in [2.45, 2.75) is 20.8 Å². The van der Waals surface area contributed by atoms with Gasteiger partial charge in [-0.2, -0.15) is 0 Å². The predicted molar refractivity (Wildman–Crippen MR) is 55.3 cm³/mol.